The predicted octanol–water partition coefficient (Wildman–Crippen LogP) is 2.07. The van der Waals surface area contributed by atoms with Gasteiger partial charge in [0.1, 0.15) is 5.75 Å². The lowest BCUT2D eigenvalue weighted by atomic mass is 10.1. The molecule has 122 valence electrons. The zero-order chi connectivity index (χ0) is 16.8. The molecule has 2 aromatic rings. The minimum absolute atomic E-state index is 0.0121. The van der Waals surface area contributed by atoms with E-state index in [4.69, 9.17) is 9.84 Å². The number of aromatic nitrogens is 2. The van der Waals surface area contributed by atoms with Gasteiger partial charge in [-0.05, 0) is 37.6 Å². The topological polar surface area (TPSA) is 104 Å². The Morgan fingerprint density at radius 2 is 2.04 bits per heavy atom. The molecule has 23 heavy (non-hydrogen) atoms. The number of carboxylic acid groups (broad SMARTS) is 1. The quantitative estimate of drug-likeness (QED) is 0.725. The van der Waals surface area contributed by atoms with Gasteiger partial charge in [-0.25, -0.2) is 0 Å². The van der Waals surface area contributed by atoms with Crippen molar-refractivity contribution in [2.75, 3.05) is 7.11 Å². The maximum atomic E-state index is 12.3. The van der Waals surface area contributed by atoms with Crippen molar-refractivity contribution in [3.05, 3.63) is 36.0 Å². The van der Waals surface area contributed by atoms with Gasteiger partial charge in [0.05, 0.1) is 24.6 Å². The Morgan fingerprint density at radius 3 is 2.65 bits per heavy atom. The third-order valence-electron chi connectivity index (χ3n) is 3.43. The van der Waals surface area contributed by atoms with E-state index in [1.54, 1.807) is 26.2 Å². The van der Waals surface area contributed by atoms with Crippen molar-refractivity contribution in [2.24, 2.45) is 0 Å². The summed E-state index contributed by atoms with van der Waals surface area (Å²) in [6, 6.07) is 7.02. The van der Waals surface area contributed by atoms with E-state index in [1.165, 1.54) is 6.20 Å². The zero-order valence-electron chi connectivity index (χ0n) is 13.0. The van der Waals surface area contributed by atoms with E-state index in [0.29, 0.717) is 17.7 Å². The van der Waals surface area contributed by atoms with Gasteiger partial charge >= 0.3 is 5.97 Å². The molecule has 0 saturated carbocycles. The number of carbonyl (C=O) groups is 2. The molecule has 3 N–H and O–H groups in total. The second-order valence-electron chi connectivity index (χ2n) is 5.19. The highest BCUT2D eigenvalue weighted by molar-refractivity contribution is 5.99. The van der Waals surface area contributed by atoms with Crippen LogP contribution in [0, 0.1) is 0 Å². The van der Waals surface area contributed by atoms with Crippen molar-refractivity contribution in [3.63, 3.8) is 0 Å². The van der Waals surface area contributed by atoms with Gasteiger partial charge in [-0.3, -0.25) is 14.7 Å². The highest BCUT2D eigenvalue weighted by atomic mass is 16.5. The Balaban J connectivity index is 2.10. The molecule has 0 bridgehead atoms. The van der Waals surface area contributed by atoms with Crippen molar-refractivity contribution in [1.82, 2.24) is 15.5 Å². The number of hydrogen-bond acceptors (Lipinski definition) is 4. The number of carboxylic acids is 1. The maximum absolute atomic E-state index is 12.3. The predicted molar refractivity (Wildman–Crippen MR) is 84.4 cm³/mol. The van der Waals surface area contributed by atoms with Crippen LogP contribution in [-0.2, 0) is 4.79 Å². The fraction of sp³-hybridized carbons (Fsp3) is 0.312. The number of rotatable bonds is 7. The molecule has 0 aliphatic heterocycles. The van der Waals surface area contributed by atoms with Crippen LogP contribution in [0.2, 0.25) is 0 Å². The minimum atomic E-state index is -0.881. The highest BCUT2D eigenvalue weighted by Gasteiger charge is 2.17. The summed E-state index contributed by atoms with van der Waals surface area (Å²) in [5.41, 5.74) is 1.83. The summed E-state index contributed by atoms with van der Waals surface area (Å²) in [6.07, 6.45) is 1.84. The summed E-state index contributed by atoms with van der Waals surface area (Å²) in [5.74, 6) is -0.447. The van der Waals surface area contributed by atoms with Crippen LogP contribution in [0.4, 0.5) is 0 Å². The Bertz CT molecular complexity index is 679. The van der Waals surface area contributed by atoms with Crippen molar-refractivity contribution in [2.45, 2.75) is 25.8 Å². The first-order valence-corrected chi connectivity index (χ1v) is 7.21. The third kappa shape index (κ3) is 4.32. The largest absolute Gasteiger partial charge is 0.497 e. The molecule has 1 aromatic carbocycles. The van der Waals surface area contributed by atoms with Crippen LogP contribution in [0.15, 0.2) is 30.5 Å². The molecule has 0 aliphatic carbocycles. The van der Waals surface area contributed by atoms with Gasteiger partial charge in [-0.2, -0.15) is 5.10 Å². The summed E-state index contributed by atoms with van der Waals surface area (Å²) >= 11 is 0. The number of aliphatic carboxylic acids is 1. The Morgan fingerprint density at radius 1 is 1.35 bits per heavy atom. The summed E-state index contributed by atoms with van der Waals surface area (Å²) in [5, 5.41) is 18.2. The van der Waals surface area contributed by atoms with Crippen LogP contribution in [0.1, 0.15) is 30.1 Å². The van der Waals surface area contributed by atoms with Crippen LogP contribution in [-0.4, -0.2) is 40.3 Å². The van der Waals surface area contributed by atoms with Gasteiger partial charge in [0.15, 0.2) is 0 Å². The molecule has 0 saturated heterocycles. The van der Waals surface area contributed by atoms with E-state index >= 15 is 0 Å². The average molecular weight is 317 g/mol. The third-order valence-corrected chi connectivity index (χ3v) is 3.43. The normalized spacial score (nSPS) is 11.7. The summed E-state index contributed by atoms with van der Waals surface area (Å²) in [4.78, 5) is 22.9. The van der Waals surface area contributed by atoms with Crippen molar-refractivity contribution in [1.29, 1.82) is 0 Å². The van der Waals surface area contributed by atoms with Crippen molar-refractivity contribution >= 4 is 11.9 Å². The molecule has 0 aliphatic rings. The van der Waals surface area contributed by atoms with Crippen molar-refractivity contribution < 1.29 is 19.4 Å². The number of carbonyl (C=O) groups excluding carboxylic acids is 1. The fourth-order valence-corrected chi connectivity index (χ4v) is 2.15. The Kier molecular flexibility index (Phi) is 5.35. The molecule has 0 fully saturated rings. The first kappa shape index (κ1) is 16.5. The number of amides is 1. The Labute approximate surface area is 133 Å². The monoisotopic (exact) mass is 317 g/mol. The lowest BCUT2D eigenvalue weighted by molar-refractivity contribution is -0.137. The molecule has 1 amide bonds. The molecule has 1 atom stereocenters. The second-order valence-corrected chi connectivity index (χ2v) is 5.19. The van der Waals surface area contributed by atoms with Crippen LogP contribution < -0.4 is 10.1 Å². The number of nitrogens with zero attached hydrogens (tertiary/aromatic N) is 1. The molecular formula is C16H19N3O4. The van der Waals surface area contributed by atoms with E-state index in [9.17, 15) is 9.59 Å². The molecule has 1 unspecified atom stereocenters. The number of nitrogens with one attached hydrogen (secondary N) is 2. The van der Waals surface area contributed by atoms with Gasteiger partial charge in [0.25, 0.3) is 5.91 Å². The van der Waals surface area contributed by atoms with E-state index < -0.39 is 5.97 Å². The van der Waals surface area contributed by atoms with Gasteiger partial charge in [0, 0.05) is 18.0 Å². The van der Waals surface area contributed by atoms with Gasteiger partial charge in [0.2, 0.25) is 0 Å². The minimum Gasteiger partial charge on any atom is -0.497 e. The smallest absolute Gasteiger partial charge is 0.303 e. The van der Waals surface area contributed by atoms with Crippen LogP contribution in [0.3, 0.4) is 0 Å². The van der Waals surface area contributed by atoms with E-state index in [0.717, 1.165) is 11.3 Å². The maximum Gasteiger partial charge on any atom is 0.303 e. The van der Waals surface area contributed by atoms with E-state index in [1.807, 2.05) is 12.1 Å². The molecule has 0 radical (unpaired) electrons. The average Bonchev–Trinajstić information content (AvgIpc) is 3.02. The van der Waals surface area contributed by atoms with Gasteiger partial charge in [-0.15, -0.1) is 0 Å². The molecule has 7 nitrogen and oxygen atoms in total. The number of ether oxygens (including phenoxy) is 1. The van der Waals surface area contributed by atoms with E-state index in [2.05, 4.69) is 15.5 Å². The lowest BCUT2D eigenvalue weighted by Crippen LogP contribution is -2.33. The van der Waals surface area contributed by atoms with Crippen LogP contribution in [0.5, 0.6) is 5.75 Å². The second kappa shape index (κ2) is 7.44. The number of methoxy groups -OCH3 is 1. The van der Waals surface area contributed by atoms with Gasteiger partial charge in [-0.1, -0.05) is 0 Å². The number of hydrogen-bond donors (Lipinski definition) is 3. The summed E-state index contributed by atoms with van der Waals surface area (Å²) in [7, 11) is 1.59. The summed E-state index contributed by atoms with van der Waals surface area (Å²) < 4.78 is 5.11. The summed E-state index contributed by atoms with van der Waals surface area (Å²) in [6.45, 7) is 1.77. The number of aromatic amines is 1. The molecule has 7 heteroatoms. The van der Waals surface area contributed by atoms with Gasteiger partial charge < -0.3 is 15.2 Å². The zero-order valence-corrected chi connectivity index (χ0v) is 13.0. The molecular weight excluding hydrogens is 298 g/mol. The first-order valence-electron chi connectivity index (χ1n) is 7.21. The fourth-order valence-electron chi connectivity index (χ4n) is 2.15. The SMILES string of the molecule is COc1ccc(-c2[nH]ncc2C(=O)NC(C)CCC(=O)O)cc1. The van der Waals surface area contributed by atoms with Crippen molar-refractivity contribution in [3.8, 4) is 17.0 Å². The highest BCUT2D eigenvalue weighted by Crippen LogP contribution is 2.23. The van der Waals surface area contributed by atoms with Crippen LogP contribution in [0.25, 0.3) is 11.3 Å². The Hall–Kier alpha value is -2.83. The number of benzene rings is 1. The molecule has 2 rings (SSSR count). The van der Waals surface area contributed by atoms with Crippen LogP contribution >= 0.6 is 0 Å². The standard InChI is InChI=1S/C16H19N3O4/c1-10(3-8-14(20)21)18-16(22)13-9-17-19-15(13)11-4-6-12(23-2)7-5-11/h4-7,9-10H,3,8H2,1-2H3,(H,17,19)(H,18,22)(H,20,21). The molecule has 1 heterocycles. The lowest BCUT2D eigenvalue weighted by Gasteiger charge is -2.12. The molecule has 1 aromatic heterocycles. The first-order chi connectivity index (χ1) is 11.0. The number of H-pyrrole nitrogens is 1. The molecule has 0 spiro atoms. The van der Waals surface area contributed by atoms with E-state index in [-0.39, 0.29) is 18.4 Å².